The molecule has 170 valence electrons. The Hall–Kier alpha value is -3.34. The zero-order valence-electron chi connectivity index (χ0n) is 20.0. The van der Waals surface area contributed by atoms with Crippen LogP contribution < -0.4 is 10.6 Å². The van der Waals surface area contributed by atoms with E-state index in [4.69, 9.17) is 10.7 Å². The van der Waals surface area contributed by atoms with Gasteiger partial charge in [-0.3, -0.25) is 9.36 Å². The monoisotopic (exact) mass is 440 g/mol. The molecule has 1 amide bonds. The van der Waals surface area contributed by atoms with E-state index >= 15 is 0 Å². The van der Waals surface area contributed by atoms with E-state index < -0.39 is 0 Å². The van der Waals surface area contributed by atoms with Gasteiger partial charge in [-0.2, -0.15) is 0 Å². The van der Waals surface area contributed by atoms with Gasteiger partial charge in [-0.25, -0.2) is 4.98 Å². The largest absolute Gasteiger partial charge is 0.370 e. The lowest BCUT2D eigenvalue weighted by Crippen LogP contribution is -2.30. The standard InChI is InChI=1S/C28H32N4O/c1-17-13-18(2)27(19(3)14-17)32-23-8-6-5-7-22(23)26-24(15-20(4)30-28(26)32)31(12-11-25(29)33)16-21-9-10-21/h5-8,13-15,21H,9-12,16H2,1-4H3,(H2,29,33). The van der Waals surface area contributed by atoms with Crippen molar-refractivity contribution in [2.24, 2.45) is 11.7 Å². The Bertz CT molecular complexity index is 1360. The highest BCUT2D eigenvalue weighted by Gasteiger charge is 2.27. The first-order chi connectivity index (χ1) is 15.8. The average Bonchev–Trinajstić information content (AvgIpc) is 3.52. The third-order valence-corrected chi connectivity index (χ3v) is 6.74. The van der Waals surface area contributed by atoms with Crippen LogP contribution in [0.2, 0.25) is 0 Å². The van der Waals surface area contributed by atoms with Gasteiger partial charge in [-0.05, 0) is 69.7 Å². The zero-order chi connectivity index (χ0) is 23.3. The minimum atomic E-state index is -0.258. The number of nitrogens with two attached hydrogens (primary N) is 1. The average molecular weight is 441 g/mol. The van der Waals surface area contributed by atoms with Crippen LogP contribution in [-0.4, -0.2) is 28.5 Å². The third kappa shape index (κ3) is 3.97. The van der Waals surface area contributed by atoms with Crippen LogP contribution in [-0.2, 0) is 4.79 Å². The van der Waals surface area contributed by atoms with Crippen molar-refractivity contribution >= 4 is 33.5 Å². The molecule has 5 nitrogen and oxygen atoms in total. The van der Waals surface area contributed by atoms with Crippen molar-refractivity contribution in [1.29, 1.82) is 0 Å². The van der Waals surface area contributed by atoms with Crippen molar-refractivity contribution in [1.82, 2.24) is 9.55 Å². The topological polar surface area (TPSA) is 64.2 Å². The number of fused-ring (bicyclic) bond motifs is 3. The number of para-hydroxylation sites is 1. The summed E-state index contributed by atoms with van der Waals surface area (Å²) in [6.07, 6.45) is 2.86. The number of primary amides is 1. The van der Waals surface area contributed by atoms with Crippen molar-refractivity contribution in [3.63, 3.8) is 0 Å². The summed E-state index contributed by atoms with van der Waals surface area (Å²) >= 11 is 0. The Labute approximate surface area is 195 Å². The first-order valence-corrected chi connectivity index (χ1v) is 11.9. The molecule has 0 spiro atoms. The number of anilines is 1. The summed E-state index contributed by atoms with van der Waals surface area (Å²) in [5.41, 5.74) is 14.7. The maximum absolute atomic E-state index is 11.7. The molecule has 1 saturated carbocycles. The van der Waals surface area contributed by atoms with Crippen molar-refractivity contribution in [3.05, 3.63) is 64.8 Å². The molecule has 1 fully saturated rings. The van der Waals surface area contributed by atoms with Crippen molar-refractivity contribution in [3.8, 4) is 5.69 Å². The fraction of sp³-hybridized carbons (Fsp3) is 0.357. The molecule has 0 aliphatic heterocycles. The third-order valence-electron chi connectivity index (χ3n) is 6.74. The van der Waals surface area contributed by atoms with Crippen LogP contribution in [0.15, 0.2) is 42.5 Å². The lowest BCUT2D eigenvalue weighted by Gasteiger charge is -2.26. The number of carbonyl (C=O) groups excluding carboxylic acids is 1. The van der Waals surface area contributed by atoms with Gasteiger partial charge in [0.1, 0.15) is 5.65 Å². The Morgan fingerprint density at radius 2 is 1.79 bits per heavy atom. The molecule has 0 atom stereocenters. The van der Waals surface area contributed by atoms with Crippen LogP contribution in [0.25, 0.3) is 27.6 Å². The summed E-state index contributed by atoms with van der Waals surface area (Å²) in [5, 5.41) is 2.34. The minimum absolute atomic E-state index is 0.258. The molecule has 5 rings (SSSR count). The number of aryl methyl sites for hydroxylation is 4. The summed E-state index contributed by atoms with van der Waals surface area (Å²) in [5.74, 6) is 0.433. The van der Waals surface area contributed by atoms with Crippen molar-refractivity contribution in [2.45, 2.75) is 47.0 Å². The Balaban J connectivity index is 1.82. The van der Waals surface area contributed by atoms with Crippen LogP contribution in [0, 0.1) is 33.6 Å². The lowest BCUT2D eigenvalue weighted by atomic mass is 10.0. The predicted octanol–water partition coefficient (Wildman–Crippen LogP) is 5.50. The summed E-state index contributed by atoms with van der Waals surface area (Å²) in [7, 11) is 0. The molecule has 1 aliphatic carbocycles. The molecule has 2 aromatic heterocycles. The lowest BCUT2D eigenvalue weighted by molar-refractivity contribution is -0.117. The van der Waals surface area contributed by atoms with E-state index in [2.05, 4.69) is 79.6 Å². The molecule has 2 aromatic carbocycles. The second-order valence-corrected chi connectivity index (χ2v) is 9.69. The van der Waals surface area contributed by atoms with Gasteiger partial charge in [0.15, 0.2) is 0 Å². The SMILES string of the molecule is Cc1cc(C)c(-n2c3ccccc3c3c(N(CCC(N)=O)CC4CC4)cc(C)nc32)c(C)c1. The molecule has 1 aliphatic rings. The summed E-state index contributed by atoms with van der Waals surface area (Å²) in [6.45, 7) is 10.1. The van der Waals surface area contributed by atoms with E-state index in [1.807, 2.05) is 0 Å². The second-order valence-electron chi connectivity index (χ2n) is 9.69. The summed E-state index contributed by atoms with van der Waals surface area (Å²) in [6, 6.07) is 15.2. The number of amides is 1. The highest BCUT2D eigenvalue weighted by Crippen LogP contribution is 2.40. The smallest absolute Gasteiger partial charge is 0.219 e. The molecule has 0 saturated heterocycles. The van der Waals surface area contributed by atoms with Gasteiger partial charge in [0.05, 0.1) is 22.3 Å². The van der Waals surface area contributed by atoms with Crippen LogP contribution in [0.3, 0.4) is 0 Å². The van der Waals surface area contributed by atoms with Crippen LogP contribution in [0.1, 0.15) is 41.6 Å². The van der Waals surface area contributed by atoms with Gasteiger partial charge in [0, 0.05) is 30.6 Å². The van der Waals surface area contributed by atoms with E-state index in [9.17, 15) is 4.79 Å². The molecule has 2 heterocycles. The molecular weight excluding hydrogens is 408 g/mol. The van der Waals surface area contributed by atoms with Gasteiger partial charge in [0.25, 0.3) is 0 Å². The first kappa shape index (κ1) is 21.5. The number of carbonyl (C=O) groups is 1. The zero-order valence-corrected chi connectivity index (χ0v) is 20.0. The van der Waals surface area contributed by atoms with E-state index in [1.54, 1.807) is 0 Å². The number of hydrogen-bond donors (Lipinski definition) is 1. The highest BCUT2D eigenvalue weighted by atomic mass is 16.1. The summed E-state index contributed by atoms with van der Waals surface area (Å²) < 4.78 is 2.33. The number of pyridine rings is 1. The maximum atomic E-state index is 11.7. The minimum Gasteiger partial charge on any atom is -0.370 e. The molecule has 5 heteroatoms. The molecule has 33 heavy (non-hydrogen) atoms. The molecule has 0 bridgehead atoms. The van der Waals surface area contributed by atoms with Crippen LogP contribution in [0.4, 0.5) is 5.69 Å². The Morgan fingerprint density at radius 1 is 1.09 bits per heavy atom. The number of rotatable bonds is 7. The molecule has 4 aromatic rings. The van der Waals surface area contributed by atoms with Gasteiger partial charge in [-0.15, -0.1) is 0 Å². The van der Waals surface area contributed by atoms with E-state index in [1.165, 1.54) is 40.6 Å². The van der Waals surface area contributed by atoms with Gasteiger partial charge >= 0.3 is 0 Å². The fourth-order valence-corrected chi connectivity index (χ4v) is 5.22. The van der Waals surface area contributed by atoms with Gasteiger partial charge in [-0.1, -0.05) is 35.9 Å². The van der Waals surface area contributed by atoms with E-state index in [0.29, 0.717) is 18.9 Å². The predicted molar refractivity (Wildman–Crippen MR) is 136 cm³/mol. The van der Waals surface area contributed by atoms with E-state index in [-0.39, 0.29) is 5.91 Å². The number of aromatic nitrogens is 2. The van der Waals surface area contributed by atoms with Crippen LogP contribution >= 0.6 is 0 Å². The first-order valence-electron chi connectivity index (χ1n) is 11.9. The second kappa shape index (κ2) is 8.22. The molecule has 2 N–H and O–H groups in total. The Kier molecular flexibility index (Phi) is 5.35. The normalized spacial score (nSPS) is 13.7. The number of hydrogen-bond acceptors (Lipinski definition) is 3. The highest BCUT2D eigenvalue weighted by molar-refractivity contribution is 6.14. The van der Waals surface area contributed by atoms with E-state index in [0.717, 1.165) is 34.5 Å². The van der Waals surface area contributed by atoms with Gasteiger partial charge < -0.3 is 10.6 Å². The van der Waals surface area contributed by atoms with Crippen molar-refractivity contribution < 1.29 is 4.79 Å². The van der Waals surface area contributed by atoms with Gasteiger partial charge in [0.2, 0.25) is 5.91 Å². The van der Waals surface area contributed by atoms with Crippen LogP contribution in [0.5, 0.6) is 0 Å². The number of nitrogens with zero attached hydrogens (tertiary/aromatic N) is 3. The maximum Gasteiger partial charge on any atom is 0.219 e. The summed E-state index contributed by atoms with van der Waals surface area (Å²) in [4.78, 5) is 19.1. The molecular formula is C28H32N4O. The fourth-order valence-electron chi connectivity index (χ4n) is 5.22. The molecule has 0 radical (unpaired) electrons. The quantitative estimate of drug-likeness (QED) is 0.412. The Morgan fingerprint density at radius 3 is 2.45 bits per heavy atom. The number of benzene rings is 2. The molecule has 0 unspecified atom stereocenters. The van der Waals surface area contributed by atoms with Crippen molar-refractivity contribution in [2.75, 3.05) is 18.0 Å².